The van der Waals surface area contributed by atoms with Crippen LogP contribution in [0.25, 0.3) is 0 Å². The highest BCUT2D eigenvalue weighted by molar-refractivity contribution is 4.91. The van der Waals surface area contributed by atoms with E-state index in [9.17, 15) is 0 Å². The topological polar surface area (TPSA) is 18.5 Å². The molecule has 2 saturated heterocycles. The summed E-state index contributed by atoms with van der Waals surface area (Å²) >= 11 is 0. The molecule has 3 atom stereocenters. The highest BCUT2D eigenvalue weighted by atomic mass is 16.6. The maximum absolute atomic E-state index is 5.64. The summed E-state index contributed by atoms with van der Waals surface area (Å²) in [4.78, 5) is 0. The molecule has 2 aliphatic rings. The zero-order chi connectivity index (χ0) is 7.19. The van der Waals surface area contributed by atoms with Crippen LogP contribution in [0.5, 0.6) is 0 Å². The lowest BCUT2D eigenvalue weighted by atomic mass is 9.92. The summed E-state index contributed by atoms with van der Waals surface area (Å²) in [6.07, 6.45) is 1.56. The number of ether oxygens (including phenoxy) is 2. The van der Waals surface area contributed by atoms with Crippen molar-refractivity contribution in [3.05, 3.63) is 0 Å². The number of hydrogen-bond acceptors (Lipinski definition) is 2. The van der Waals surface area contributed by atoms with Crippen LogP contribution in [0.15, 0.2) is 0 Å². The molecule has 0 radical (unpaired) electrons. The van der Waals surface area contributed by atoms with Gasteiger partial charge in [-0.1, -0.05) is 6.92 Å². The van der Waals surface area contributed by atoms with Gasteiger partial charge in [-0.3, -0.25) is 0 Å². The van der Waals surface area contributed by atoms with Crippen molar-refractivity contribution in [3.63, 3.8) is 0 Å². The average molecular weight is 142 g/mol. The maximum atomic E-state index is 5.64. The summed E-state index contributed by atoms with van der Waals surface area (Å²) in [7, 11) is 0. The third kappa shape index (κ3) is 0.867. The molecule has 2 heteroatoms. The van der Waals surface area contributed by atoms with Crippen LogP contribution in [-0.4, -0.2) is 24.9 Å². The highest BCUT2D eigenvalue weighted by Gasteiger charge is 2.43. The van der Waals surface area contributed by atoms with E-state index in [1.807, 2.05) is 0 Å². The van der Waals surface area contributed by atoms with Gasteiger partial charge in [0.05, 0.1) is 24.9 Å². The molecule has 10 heavy (non-hydrogen) atoms. The van der Waals surface area contributed by atoms with Crippen LogP contribution >= 0.6 is 0 Å². The molecule has 0 aliphatic carbocycles. The van der Waals surface area contributed by atoms with Gasteiger partial charge in [0.2, 0.25) is 0 Å². The van der Waals surface area contributed by atoms with Crippen molar-refractivity contribution < 1.29 is 9.47 Å². The SMILES string of the molecule is C[C@@H]1CO[C@]2(C)COC1C2. The minimum Gasteiger partial charge on any atom is -0.375 e. The van der Waals surface area contributed by atoms with Crippen LogP contribution < -0.4 is 0 Å². The van der Waals surface area contributed by atoms with Crippen LogP contribution in [0, 0.1) is 5.92 Å². The molecule has 2 nitrogen and oxygen atoms in total. The molecule has 1 unspecified atom stereocenters. The lowest BCUT2D eigenvalue weighted by Crippen LogP contribution is -2.37. The van der Waals surface area contributed by atoms with Gasteiger partial charge in [-0.25, -0.2) is 0 Å². The van der Waals surface area contributed by atoms with Crippen LogP contribution in [0.4, 0.5) is 0 Å². The second-order valence-corrected chi connectivity index (χ2v) is 3.79. The predicted molar refractivity (Wildman–Crippen MR) is 37.9 cm³/mol. The minimum absolute atomic E-state index is 0.0528. The number of hydrogen-bond donors (Lipinski definition) is 0. The largest absolute Gasteiger partial charge is 0.375 e. The van der Waals surface area contributed by atoms with E-state index >= 15 is 0 Å². The van der Waals surface area contributed by atoms with Crippen molar-refractivity contribution in [1.29, 1.82) is 0 Å². The smallest absolute Gasteiger partial charge is 0.0911 e. The summed E-state index contributed by atoms with van der Waals surface area (Å²) in [5.74, 6) is 0.593. The summed E-state index contributed by atoms with van der Waals surface area (Å²) in [6.45, 7) is 6.00. The second kappa shape index (κ2) is 1.95. The van der Waals surface area contributed by atoms with Crippen molar-refractivity contribution in [1.82, 2.24) is 0 Å². The number of rotatable bonds is 0. The fourth-order valence-corrected chi connectivity index (χ4v) is 1.73. The van der Waals surface area contributed by atoms with Gasteiger partial charge in [0.25, 0.3) is 0 Å². The zero-order valence-electron chi connectivity index (χ0n) is 6.59. The van der Waals surface area contributed by atoms with E-state index in [2.05, 4.69) is 13.8 Å². The number of fused-ring (bicyclic) bond motifs is 2. The molecular formula is C8H14O2. The molecular weight excluding hydrogens is 128 g/mol. The van der Waals surface area contributed by atoms with Gasteiger partial charge >= 0.3 is 0 Å². The Morgan fingerprint density at radius 2 is 2.30 bits per heavy atom. The third-order valence-corrected chi connectivity index (χ3v) is 2.57. The molecule has 0 aromatic rings. The standard InChI is InChI=1S/C8H14O2/c1-6-4-10-8(2)3-7(6)9-5-8/h6-7H,3-5H2,1-2H3/t6-,7?,8+/m1/s1. The molecule has 2 heterocycles. The van der Waals surface area contributed by atoms with Crippen molar-refractivity contribution in [3.8, 4) is 0 Å². The summed E-state index contributed by atoms with van der Waals surface area (Å²) in [5, 5.41) is 0. The Hall–Kier alpha value is -0.0800. The van der Waals surface area contributed by atoms with Crippen LogP contribution in [0.2, 0.25) is 0 Å². The molecule has 0 saturated carbocycles. The lowest BCUT2D eigenvalue weighted by molar-refractivity contribution is -0.0585. The zero-order valence-corrected chi connectivity index (χ0v) is 6.59. The van der Waals surface area contributed by atoms with E-state index in [0.717, 1.165) is 19.6 Å². The minimum atomic E-state index is 0.0528. The van der Waals surface area contributed by atoms with Gasteiger partial charge in [-0.2, -0.15) is 0 Å². The van der Waals surface area contributed by atoms with Crippen LogP contribution in [-0.2, 0) is 9.47 Å². The molecule has 2 fully saturated rings. The fraction of sp³-hybridized carbons (Fsp3) is 1.00. The highest BCUT2D eigenvalue weighted by Crippen LogP contribution is 2.36. The summed E-state index contributed by atoms with van der Waals surface area (Å²) in [5.41, 5.74) is 0.0528. The van der Waals surface area contributed by atoms with E-state index < -0.39 is 0 Å². The van der Waals surface area contributed by atoms with Crippen molar-refractivity contribution in [2.75, 3.05) is 13.2 Å². The maximum Gasteiger partial charge on any atom is 0.0911 e. The normalized spacial score (nSPS) is 53.4. The Morgan fingerprint density at radius 1 is 1.50 bits per heavy atom. The van der Waals surface area contributed by atoms with Crippen molar-refractivity contribution in [2.45, 2.75) is 32.0 Å². The molecule has 0 aromatic carbocycles. The van der Waals surface area contributed by atoms with E-state index in [0.29, 0.717) is 12.0 Å². The fourth-order valence-electron chi connectivity index (χ4n) is 1.73. The third-order valence-electron chi connectivity index (χ3n) is 2.57. The van der Waals surface area contributed by atoms with E-state index in [4.69, 9.17) is 9.47 Å². The first-order valence-electron chi connectivity index (χ1n) is 3.95. The monoisotopic (exact) mass is 142 g/mol. The quantitative estimate of drug-likeness (QED) is 0.506. The van der Waals surface area contributed by atoms with Gasteiger partial charge in [-0.15, -0.1) is 0 Å². The first-order valence-corrected chi connectivity index (χ1v) is 3.95. The Balaban J connectivity index is 2.12. The molecule has 0 N–H and O–H groups in total. The first-order chi connectivity index (χ1) is 4.70. The van der Waals surface area contributed by atoms with E-state index in [-0.39, 0.29) is 5.60 Å². The van der Waals surface area contributed by atoms with Gasteiger partial charge in [-0.05, 0) is 6.92 Å². The molecule has 0 aromatic heterocycles. The Labute approximate surface area is 61.5 Å². The molecule has 0 amide bonds. The van der Waals surface area contributed by atoms with Gasteiger partial charge in [0, 0.05) is 12.3 Å². The Morgan fingerprint density at radius 3 is 3.00 bits per heavy atom. The van der Waals surface area contributed by atoms with Crippen molar-refractivity contribution in [2.24, 2.45) is 5.92 Å². The van der Waals surface area contributed by atoms with Gasteiger partial charge in [0.15, 0.2) is 0 Å². The second-order valence-electron chi connectivity index (χ2n) is 3.79. The van der Waals surface area contributed by atoms with Crippen molar-refractivity contribution >= 4 is 0 Å². The predicted octanol–water partition coefficient (Wildman–Crippen LogP) is 1.20. The summed E-state index contributed by atoms with van der Waals surface area (Å²) in [6, 6.07) is 0. The molecule has 2 bridgehead atoms. The molecule has 0 spiro atoms. The van der Waals surface area contributed by atoms with E-state index in [1.165, 1.54) is 0 Å². The van der Waals surface area contributed by atoms with Gasteiger partial charge < -0.3 is 9.47 Å². The lowest BCUT2D eigenvalue weighted by Gasteiger charge is -2.30. The molecule has 2 rings (SSSR count). The van der Waals surface area contributed by atoms with E-state index in [1.54, 1.807) is 0 Å². The van der Waals surface area contributed by atoms with Crippen LogP contribution in [0.1, 0.15) is 20.3 Å². The molecule has 2 aliphatic heterocycles. The first kappa shape index (κ1) is 6.62. The Kier molecular flexibility index (Phi) is 1.29. The molecule has 58 valence electrons. The van der Waals surface area contributed by atoms with Gasteiger partial charge in [0.1, 0.15) is 0 Å². The Bertz CT molecular complexity index is 146. The summed E-state index contributed by atoms with van der Waals surface area (Å²) < 4.78 is 11.2. The average Bonchev–Trinajstić information content (AvgIpc) is 2.23. The van der Waals surface area contributed by atoms with Crippen LogP contribution in [0.3, 0.4) is 0 Å².